The number of morpholine rings is 1. The van der Waals surface area contributed by atoms with Crippen LogP contribution in [0.15, 0.2) is 42.5 Å². The molecule has 2 heterocycles. The van der Waals surface area contributed by atoms with Gasteiger partial charge in [-0.1, -0.05) is 23.7 Å². The van der Waals surface area contributed by atoms with Crippen LogP contribution in [0.5, 0.6) is 0 Å². The van der Waals surface area contributed by atoms with Crippen LogP contribution in [-0.2, 0) is 11.3 Å². The lowest BCUT2D eigenvalue weighted by atomic mass is 10.1. The van der Waals surface area contributed by atoms with E-state index in [9.17, 15) is 14.9 Å². The van der Waals surface area contributed by atoms with E-state index in [-0.39, 0.29) is 23.8 Å². The Labute approximate surface area is 198 Å². The Morgan fingerprint density at radius 2 is 1.70 bits per heavy atom. The summed E-state index contributed by atoms with van der Waals surface area (Å²) in [5.74, 6) is -0.0135. The summed E-state index contributed by atoms with van der Waals surface area (Å²) in [6.07, 6.45) is 0.449. The Balaban J connectivity index is 1.35. The highest BCUT2D eigenvalue weighted by Crippen LogP contribution is 2.31. The predicted octanol–water partition coefficient (Wildman–Crippen LogP) is 3.82. The Morgan fingerprint density at radius 1 is 1.06 bits per heavy atom. The van der Waals surface area contributed by atoms with Gasteiger partial charge in [-0.15, -0.1) is 0 Å². The molecule has 0 aromatic heterocycles. The summed E-state index contributed by atoms with van der Waals surface area (Å²) < 4.78 is 5.80. The van der Waals surface area contributed by atoms with Gasteiger partial charge in [0, 0.05) is 62.5 Å². The maximum Gasteiger partial charge on any atom is 0.294 e. The molecule has 9 heteroatoms. The van der Waals surface area contributed by atoms with Crippen molar-refractivity contribution in [3.63, 3.8) is 0 Å². The van der Waals surface area contributed by atoms with Gasteiger partial charge in [-0.05, 0) is 43.7 Å². The molecular formula is C24H29ClN4O4. The maximum atomic E-state index is 13.0. The Bertz CT molecular complexity index is 998. The van der Waals surface area contributed by atoms with E-state index in [0.29, 0.717) is 42.5 Å². The number of nitro benzene ring substituents is 1. The number of piperazine rings is 1. The SMILES string of the molecule is CC1CN(Cc2ccc(C(=O)N3CCN(c4ccc(Cl)cc4[N+](=O)[O-])CC3)cc2)CC(C)O1. The molecule has 0 radical (unpaired) electrons. The number of nitrogens with zero attached hydrogens (tertiary/aromatic N) is 4. The number of hydrogen-bond acceptors (Lipinski definition) is 6. The van der Waals surface area contributed by atoms with Crippen LogP contribution in [0.25, 0.3) is 0 Å². The molecule has 2 aromatic rings. The van der Waals surface area contributed by atoms with Crippen LogP contribution in [0.3, 0.4) is 0 Å². The summed E-state index contributed by atoms with van der Waals surface area (Å²) in [5, 5.41) is 11.7. The third-order valence-electron chi connectivity index (χ3n) is 6.14. The quantitative estimate of drug-likeness (QED) is 0.486. The van der Waals surface area contributed by atoms with Crippen molar-refractivity contribution in [1.29, 1.82) is 0 Å². The second-order valence-electron chi connectivity index (χ2n) is 8.82. The second kappa shape index (κ2) is 10.1. The fraction of sp³-hybridized carbons (Fsp3) is 0.458. The van der Waals surface area contributed by atoms with E-state index < -0.39 is 4.92 Å². The van der Waals surface area contributed by atoms with Crippen molar-refractivity contribution in [3.05, 3.63) is 68.7 Å². The van der Waals surface area contributed by atoms with Crippen molar-refractivity contribution in [2.75, 3.05) is 44.2 Å². The highest BCUT2D eigenvalue weighted by Gasteiger charge is 2.27. The van der Waals surface area contributed by atoms with Gasteiger partial charge in [0.15, 0.2) is 0 Å². The number of rotatable bonds is 5. The molecule has 2 unspecified atom stereocenters. The van der Waals surface area contributed by atoms with Gasteiger partial charge in [0.05, 0.1) is 17.1 Å². The number of amides is 1. The molecule has 2 aliphatic heterocycles. The van der Waals surface area contributed by atoms with Crippen molar-refractivity contribution < 1.29 is 14.5 Å². The molecule has 2 fully saturated rings. The smallest absolute Gasteiger partial charge is 0.294 e. The Hall–Kier alpha value is -2.68. The second-order valence-corrected chi connectivity index (χ2v) is 9.25. The van der Waals surface area contributed by atoms with Gasteiger partial charge in [-0.2, -0.15) is 0 Å². The van der Waals surface area contributed by atoms with Crippen molar-refractivity contribution in [3.8, 4) is 0 Å². The summed E-state index contributed by atoms with van der Waals surface area (Å²) in [6.45, 7) is 8.89. The molecule has 33 heavy (non-hydrogen) atoms. The lowest BCUT2D eigenvalue weighted by molar-refractivity contribution is -0.384. The number of anilines is 1. The number of hydrogen-bond donors (Lipinski definition) is 0. The van der Waals surface area contributed by atoms with Crippen LogP contribution >= 0.6 is 11.6 Å². The van der Waals surface area contributed by atoms with E-state index in [0.717, 1.165) is 19.6 Å². The average molecular weight is 473 g/mol. The van der Waals surface area contributed by atoms with Gasteiger partial charge in [0.25, 0.3) is 11.6 Å². The molecule has 2 aromatic carbocycles. The predicted molar refractivity (Wildman–Crippen MR) is 128 cm³/mol. The van der Waals surface area contributed by atoms with E-state index >= 15 is 0 Å². The highest BCUT2D eigenvalue weighted by atomic mass is 35.5. The van der Waals surface area contributed by atoms with Crippen molar-refractivity contribution in [2.24, 2.45) is 0 Å². The molecule has 176 valence electrons. The van der Waals surface area contributed by atoms with Gasteiger partial charge in [0.2, 0.25) is 0 Å². The van der Waals surface area contributed by atoms with E-state index in [1.54, 1.807) is 17.0 Å². The molecule has 0 saturated carbocycles. The lowest BCUT2D eigenvalue weighted by Gasteiger charge is -2.36. The zero-order valence-corrected chi connectivity index (χ0v) is 19.7. The minimum Gasteiger partial charge on any atom is -0.373 e. The molecule has 2 saturated heterocycles. The van der Waals surface area contributed by atoms with Crippen LogP contribution in [0.4, 0.5) is 11.4 Å². The number of carbonyl (C=O) groups excluding carboxylic acids is 1. The molecule has 0 bridgehead atoms. The van der Waals surface area contributed by atoms with Gasteiger partial charge < -0.3 is 14.5 Å². The first kappa shape index (κ1) is 23.5. The first-order valence-electron chi connectivity index (χ1n) is 11.2. The average Bonchev–Trinajstić information content (AvgIpc) is 2.78. The summed E-state index contributed by atoms with van der Waals surface area (Å²) >= 11 is 5.93. The van der Waals surface area contributed by atoms with Gasteiger partial charge >= 0.3 is 0 Å². The fourth-order valence-corrected chi connectivity index (χ4v) is 4.83. The number of carbonyl (C=O) groups is 1. The normalized spacial score (nSPS) is 21.8. The summed E-state index contributed by atoms with van der Waals surface area (Å²) in [4.78, 5) is 30.1. The Kier molecular flexibility index (Phi) is 7.17. The number of nitro groups is 1. The molecule has 8 nitrogen and oxygen atoms in total. The van der Waals surface area contributed by atoms with Crippen LogP contribution in [0, 0.1) is 10.1 Å². The lowest BCUT2D eigenvalue weighted by Crippen LogP contribution is -2.49. The number of halogens is 1. The molecule has 0 N–H and O–H groups in total. The van der Waals surface area contributed by atoms with E-state index in [2.05, 4.69) is 18.7 Å². The zero-order chi connectivity index (χ0) is 23.5. The summed E-state index contributed by atoms with van der Waals surface area (Å²) in [5.41, 5.74) is 2.36. The van der Waals surface area contributed by atoms with Crippen LogP contribution in [0.1, 0.15) is 29.8 Å². The maximum absolute atomic E-state index is 13.0. The minimum absolute atomic E-state index is 0.0121. The van der Waals surface area contributed by atoms with Gasteiger partial charge in [-0.25, -0.2) is 0 Å². The van der Waals surface area contributed by atoms with Crippen LogP contribution in [-0.4, -0.2) is 72.1 Å². The standard InChI is InChI=1S/C24H29ClN4O4/c1-17-14-26(15-18(2)33-17)16-19-3-5-20(6-4-19)24(30)28-11-9-27(10-12-28)22-8-7-21(25)13-23(22)29(31)32/h3-8,13,17-18H,9-12,14-16H2,1-2H3. The monoisotopic (exact) mass is 472 g/mol. The van der Waals surface area contributed by atoms with Crippen LogP contribution in [0.2, 0.25) is 5.02 Å². The zero-order valence-electron chi connectivity index (χ0n) is 18.9. The largest absolute Gasteiger partial charge is 0.373 e. The van der Waals surface area contributed by atoms with E-state index in [1.807, 2.05) is 29.2 Å². The molecule has 4 rings (SSSR count). The topological polar surface area (TPSA) is 79.2 Å². The first-order valence-corrected chi connectivity index (χ1v) is 11.6. The third-order valence-corrected chi connectivity index (χ3v) is 6.38. The molecule has 0 spiro atoms. The minimum atomic E-state index is -0.418. The van der Waals surface area contributed by atoms with Gasteiger partial charge in [0.1, 0.15) is 5.69 Å². The molecule has 2 atom stereocenters. The number of ether oxygens (including phenoxy) is 1. The molecule has 2 aliphatic rings. The van der Waals surface area contributed by atoms with Crippen molar-refractivity contribution in [1.82, 2.24) is 9.80 Å². The Morgan fingerprint density at radius 3 is 2.30 bits per heavy atom. The summed E-state index contributed by atoms with van der Waals surface area (Å²) in [6, 6.07) is 12.5. The number of benzene rings is 2. The van der Waals surface area contributed by atoms with Crippen molar-refractivity contribution >= 4 is 28.9 Å². The van der Waals surface area contributed by atoms with Gasteiger partial charge in [-0.3, -0.25) is 19.8 Å². The van der Waals surface area contributed by atoms with Crippen molar-refractivity contribution in [2.45, 2.75) is 32.6 Å². The molecular weight excluding hydrogens is 444 g/mol. The third kappa shape index (κ3) is 5.63. The van der Waals surface area contributed by atoms with E-state index in [4.69, 9.17) is 16.3 Å². The fourth-order valence-electron chi connectivity index (χ4n) is 4.67. The molecule has 1 amide bonds. The molecule has 0 aliphatic carbocycles. The highest BCUT2D eigenvalue weighted by molar-refractivity contribution is 6.30. The van der Waals surface area contributed by atoms with Crippen LogP contribution < -0.4 is 4.90 Å². The first-order chi connectivity index (χ1) is 15.8. The summed E-state index contributed by atoms with van der Waals surface area (Å²) in [7, 11) is 0. The van der Waals surface area contributed by atoms with E-state index in [1.165, 1.54) is 11.6 Å².